The van der Waals surface area contributed by atoms with Crippen LogP contribution in [-0.4, -0.2) is 9.04 Å². The van der Waals surface area contributed by atoms with Crippen LogP contribution in [0.4, 0.5) is 0 Å². The average molecular weight is 311 g/mol. The Labute approximate surface area is 136 Å². The van der Waals surface area contributed by atoms with Gasteiger partial charge in [0, 0.05) is 5.56 Å². The number of hydrogen-bond donors (Lipinski definition) is 0. The minimum atomic E-state index is -1.18. The van der Waals surface area contributed by atoms with Gasteiger partial charge in [0.05, 0.1) is 0 Å². The predicted octanol–water partition coefficient (Wildman–Crippen LogP) is 5.66. The summed E-state index contributed by atoms with van der Waals surface area (Å²) in [7, 11) is -1.18. The van der Waals surface area contributed by atoms with E-state index in [4.69, 9.17) is 4.43 Å². The molecule has 2 aromatic carbocycles. The summed E-state index contributed by atoms with van der Waals surface area (Å²) in [6.45, 7) is 15.0. The lowest BCUT2D eigenvalue weighted by molar-refractivity contribution is 0.522. The summed E-state index contributed by atoms with van der Waals surface area (Å²) in [6, 6.07) is 15.0. The van der Waals surface area contributed by atoms with Crippen molar-refractivity contribution in [3.8, 4) is 16.9 Å². The Balaban J connectivity index is 2.60. The van der Waals surface area contributed by atoms with E-state index in [9.17, 15) is 0 Å². The van der Waals surface area contributed by atoms with Crippen LogP contribution in [0.2, 0.25) is 13.1 Å². The first-order valence-corrected chi connectivity index (χ1v) is 10.6. The van der Waals surface area contributed by atoms with Crippen molar-refractivity contribution in [2.45, 2.75) is 39.3 Å². The molecule has 0 aliphatic rings. The van der Waals surface area contributed by atoms with E-state index in [2.05, 4.69) is 82.9 Å². The van der Waals surface area contributed by atoms with Gasteiger partial charge in [0.2, 0.25) is 9.04 Å². The van der Waals surface area contributed by atoms with Crippen LogP contribution in [0.15, 0.2) is 49.0 Å². The normalized spacial score (nSPS) is 11.5. The van der Waals surface area contributed by atoms with Gasteiger partial charge in [-0.3, -0.25) is 0 Å². The summed E-state index contributed by atoms with van der Waals surface area (Å²) in [5.41, 5.74) is 4.86. The maximum atomic E-state index is 6.33. The van der Waals surface area contributed by atoms with Gasteiger partial charge in [-0.05, 0) is 35.2 Å². The smallest absolute Gasteiger partial charge is 0.229 e. The van der Waals surface area contributed by atoms with E-state index in [1.165, 1.54) is 16.7 Å². The van der Waals surface area contributed by atoms with Crippen LogP contribution in [0.1, 0.15) is 31.9 Å². The predicted molar refractivity (Wildman–Crippen MR) is 100 cm³/mol. The fraction of sp³-hybridized carbons (Fsp3) is 0.300. The number of benzene rings is 2. The van der Waals surface area contributed by atoms with Gasteiger partial charge < -0.3 is 4.43 Å². The molecule has 0 aliphatic carbocycles. The molecule has 0 amide bonds. The summed E-state index contributed by atoms with van der Waals surface area (Å²) in [5.74, 6) is 1.06. The highest BCUT2D eigenvalue weighted by Crippen LogP contribution is 2.39. The molecule has 0 atom stereocenters. The van der Waals surface area contributed by atoms with Crippen LogP contribution in [0.5, 0.6) is 5.75 Å². The van der Waals surface area contributed by atoms with Crippen molar-refractivity contribution < 1.29 is 4.43 Å². The lowest BCUT2D eigenvalue weighted by atomic mass is 9.84. The highest BCUT2D eigenvalue weighted by Gasteiger charge is 2.22. The monoisotopic (exact) mass is 310 g/mol. The third-order valence-corrected chi connectivity index (χ3v) is 4.34. The van der Waals surface area contributed by atoms with E-state index in [1.54, 1.807) is 0 Å². The molecular weight excluding hydrogens is 284 g/mol. The van der Waals surface area contributed by atoms with Gasteiger partial charge in [-0.25, -0.2) is 0 Å². The summed E-state index contributed by atoms with van der Waals surface area (Å²) in [5, 5.41) is 0. The summed E-state index contributed by atoms with van der Waals surface area (Å²) < 4.78 is 6.33. The minimum Gasteiger partial charge on any atom is -0.546 e. The molecule has 22 heavy (non-hydrogen) atoms. The van der Waals surface area contributed by atoms with Crippen LogP contribution in [0.3, 0.4) is 0 Å². The molecule has 116 valence electrons. The second-order valence-corrected chi connectivity index (χ2v) is 9.26. The topological polar surface area (TPSA) is 9.23 Å². The molecule has 0 aromatic heterocycles. The molecule has 0 fully saturated rings. The van der Waals surface area contributed by atoms with Crippen LogP contribution < -0.4 is 4.43 Å². The van der Waals surface area contributed by atoms with E-state index in [0.717, 1.165) is 11.3 Å². The molecule has 1 nitrogen and oxygen atoms in total. The van der Waals surface area contributed by atoms with Crippen molar-refractivity contribution >= 4 is 15.1 Å². The van der Waals surface area contributed by atoms with Gasteiger partial charge in [-0.15, -0.1) is 0 Å². The largest absolute Gasteiger partial charge is 0.546 e. The first-order chi connectivity index (χ1) is 10.3. The molecule has 0 aliphatic heterocycles. The Bertz CT molecular complexity index is 648. The van der Waals surface area contributed by atoms with Crippen LogP contribution >= 0.6 is 0 Å². The van der Waals surface area contributed by atoms with E-state index in [1.807, 2.05) is 6.08 Å². The molecule has 0 saturated heterocycles. The Hall–Kier alpha value is -1.80. The van der Waals surface area contributed by atoms with Gasteiger partial charge in [-0.1, -0.05) is 75.9 Å². The maximum absolute atomic E-state index is 6.33. The molecule has 2 aromatic rings. The van der Waals surface area contributed by atoms with Gasteiger partial charge in [0.1, 0.15) is 5.75 Å². The van der Waals surface area contributed by atoms with Crippen LogP contribution in [-0.2, 0) is 5.41 Å². The molecule has 2 rings (SSSR count). The van der Waals surface area contributed by atoms with Gasteiger partial charge >= 0.3 is 0 Å². The van der Waals surface area contributed by atoms with Crippen molar-refractivity contribution in [2.24, 2.45) is 0 Å². The Kier molecular flexibility index (Phi) is 4.92. The quantitative estimate of drug-likeness (QED) is 0.662. The fourth-order valence-corrected chi connectivity index (χ4v) is 3.24. The summed E-state index contributed by atoms with van der Waals surface area (Å²) in [4.78, 5) is 0. The molecule has 0 heterocycles. The molecule has 0 spiro atoms. The highest BCUT2D eigenvalue weighted by atomic mass is 28.3. The number of para-hydroxylation sites is 1. The second-order valence-electron chi connectivity index (χ2n) is 6.92. The summed E-state index contributed by atoms with van der Waals surface area (Å²) >= 11 is 0. The maximum Gasteiger partial charge on any atom is 0.229 e. The molecule has 2 heteroatoms. The van der Waals surface area contributed by atoms with Crippen LogP contribution in [0, 0.1) is 0 Å². The second kappa shape index (κ2) is 6.53. The van der Waals surface area contributed by atoms with E-state index in [0.29, 0.717) is 0 Å². The molecule has 0 bridgehead atoms. The third kappa shape index (κ3) is 3.69. The molecular formula is C20H26OSi. The SMILES string of the molecule is C=Cc1ccc(-c2cccc(C(C)(C)C)c2O[SiH](C)C)cc1. The van der Waals surface area contributed by atoms with Crippen molar-refractivity contribution in [1.29, 1.82) is 0 Å². The third-order valence-electron chi connectivity index (χ3n) is 3.63. The Morgan fingerprint density at radius 3 is 2.14 bits per heavy atom. The highest BCUT2D eigenvalue weighted by molar-refractivity contribution is 6.49. The lowest BCUT2D eigenvalue weighted by Gasteiger charge is -2.26. The van der Waals surface area contributed by atoms with E-state index >= 15 is 0 Å². The van der Waals surface area contributed by atoms with Crippen molar-refractivity contribution in [3.05, 3.63) is 60.2 Å². The van der Waals surface area contributed by atoms with Crippen molar-refractivity contribution in [1.82, 2.24) is 0 Å². The molecule has 0 saturated carbocycles. The first kappa shape index (κ1) is 16.6. The number of hydrogen-bond acceptors (Lipinski definition) is 1. The van der Waals surface area contributed by atoms with Crippen molar-refractivity contribution in [2.75, 3.05) is 0 Å². The number of rotatable bonds is 4. The van der Waals surface area contributed by atoms with Crippen LogP contribution in [0.25, 0.3) is 17.2 Å². The molecule has 0 N–H and O–H groups in total. The lowest BCUT2D eigenvalue weighted by Crippen LogP contribution is -2.18. The van der Waals surface area contributed by atoms with Gasteiger partial charge in [0.25, 0.3) is 0 Å². The zero-order chi connectivity index (χ0) is 16.3. The van der Waals surface area contributed by atoms with Gasteiger partial charge in [-0.2, -0.15) is 0 Å². The van der Waals surface area contributed by atoms with E-state index < -0.39 is 9.04 Å². The zero-order valence-electron chi connectivity index (χ0n) is 14.3. The van der Waals surface area contributed by atoms with Crippen molar-refractivity contribution in [3.63, 3.8) is 0 Å². The Morgan fingerprint density at radius 1 is 1.00 bits per heavy atom. The van der Waals surface area contributed by atoms with Gasteiger partial charge in [0.15, 0.2) is 0 Å². The molecule has 0 unspecified atom stereocenters. The Morgan fingerprint density at radius 2 is 1.64 bits per heavy atom. The first-order valence-electron chi connectivity index (χ1n) is 7.86. The molecule has 0 radical (unpaired) electrons. The minimum absolute atomic E-state index is 0.0652. The fourth-order valence-electron chi connectivity index (χ4n) is 2.52. The average Bonchev–Trinajstić information content (AvgIpc) is 2.46. The van der Waals surface area contributed by atoms with E-state index in [-0.39, 0.29) is 5.41 Å². The zero-order valence-corrected chi connectivity index (χ0v) is 15.5. The standard InChI is InChI=1S/C20H26OSi/c1-7-15-11-13-16(14-12-15)17-9-8-10-18(20(2,3)4)19(17)21-22(5)6/h7-14,22H,1H2,2-6H3. The summed E-state index contributed by atoms with van der Waals surface area (Å²) in [6.07, 6.45) is 1.87.